The first-order valence-corrected chi connectivity index (χ1v) is 6.36. The van der Waals surface area contributed by atoms with Crippen molar-refractivity contribution in [3.63, 3.8) is 0 Å². The molecule has 0 fully saturated rings. The molecule has 0 aliphatic heterocycles. The number of benzene rings is 2. The SMILES string of the molecule is O=C(O)c1ccc(C=Nc2cc(C(=O)O)cc(C(=O)O)c2)cc1. The average Bonchev–Trinajstić information content (AvgIpc) is 2.52. The second kappa shape index (κ2) is 6.52. The van der Waals surface area contributed by atoms with E-state index in [4.69, 9.17) is 15.3 Å². The van der Waals surface area contributed by atoms with Crippen LogP contribution in [0.4, 0.5) is 5.69 Å². The molecule has 0 saturated carbocycles. The van der Waals surface area contributed by atoms with Crippen molar-refractivity contribution in [1.82, 2.24) is 0 Å². The van der Waals surface area contributed by atoms with Crippen LogP contribution in [0, 0.1) is 0 Å². The number of carboxylic acid groups (broad SMARTS) is 3. The van der Waals surface area contributed by atoms with Crippen LogP contribution in [0.3, 0.4) is 0 Å². The minimum absolute atomic E-state index is 0.128. The predicted octanol–water partition coefficient (Wildman–Crippen LogP) is 2.53. The standard InChI is InChI=1S/C16H11NO6/c18-14(19)10-3-1-9(2-4-10)8-17-13-6-11(15(20)21)5-12(7-13)16(22)23/h1-8H,(H,18,19)(H,20,21)(H,22,23). The highest BCUT2D eigenvalue weighted by atomic mass is 16.4. The van der Waals surface area contributed by atoms with Crippen LogP contribution >= 0.6 is 0 Å². The Kier molecular flexibility index (Phi) is 4.51. The molecule has 7 nitrogen and oxygen atoms in total. The van der Waals surface area contributed by atoms with Crippen molar-refractivity contribution in [1.29, 1.82) is 0 Å². The zero-order valence-electron chi connectivity index (χ0n) is 11.6. The first kappa shape index (κ1) is 15.9. The Morgan fingerprint density at radius 3 is 1.65 bits per heavy atom. The van der Waals surface area contributed by atoms with Gasteiger partial charge in [-0.3, -0.25) is 4.99 Å². The van der Waals surface area contributed by atoms with Gasteiger partial charge >= 0.3 is 17.9 Å². The summed E-state index contributed by atoms with van der Waals surface area (Å²) < 4.78 is 0. The molecule has 0 aliphatic carbocycles. The van der Waals surface area contributed by atoms with Crippen LogP contribution in [0.2, 0.25) is 0 Å². The van der Waals surface area contributed by atoms with Gasteiger partial charge in [0, 0.05) is 6.21 Å². The van der Waals surface area contributed by atoms with Crippen LogP contribution in [0.15, 0.2) is 47.5 Å². The summed E-state index contributed by atoms with van der Waals surface area (Å²) in [6, 6.07) is 9.41. The summed E-state index contributed by atoms with van der Waals surface area (Å²) in [5.41, 5.74) is 0.525. The molecule has 0 aromatic heterocycles. The number of carbonyl (C=O) groups is 3. The quantitative estimate of drug-likeness (QED) is 0.728. The Balaban J connectivity index is 2.32. The van der Waals surface area contributed by atoms with Gasteiger partial charge < -0.3 is 15.3 Å². The highest BCUT2D eigenvalue weighted by molar-refractivity contribution is 5.96. The Hall–Kier alpha value is -3.48. The molecule has 0 bridgehead atoms. The highest BCUT2D eigenvalue weighted by Gasteiger charge is 2.10. The summed E-state index contributed by atoms with van der Waals surface area (Å²) in [4.78, 5) is 36.8. The minimum Gasteiger partial charge on any atom is -0.478 e. The lowest BCUT2D eigenvalue weighted by Gasteiger charge is -2.01. The van der Waals surface area contributed by atoms with Crippen molar-refractivity contribution in [2.75, 3.05) is 0 Å². The van der Waals surface area contributed by atoms with Crippen LogP contribution in [-0.4, -0.2) is 39.4 Å². The summed E-state index contributed by atoms with van der Waals surface area (Å²) >= 11 is 0. The lowest BCUT2D eigenvalue weighted by Crippen LogP contribution is -2.01. The second-order valence-corrected chi connectivity index (χ2v) is 4.56. The predicted molar refractivity (Wildman–Crippen MR) is 81.0 cm³/mol. The summed E-state index contributed by atoms with van der Waals surface area (Å²) in [6.45, 7) is 0. The maximum atomic E-state index is 11.0. The number of nitrogens with zero attached hydrogens (tertiary/aromatic N) is 1. The molecule has 2 rings (SSSR count). The molecule has 0 atom stereocenters. The third-order valence-corrected chi connectivity index (χ3v) is 2.93. The number of carboxylic acids is 3. The van der Waals surface area contributed by atoms with Crippen molar-refractivity contribution >= 4 is 29.8 Å². The minimum atomic E-state index is -1.25. The summed E-state index contributed by atoms with van der Waals surface area (Å²) in [7, 11) is 0. The molecule has 0 aliphatic rings. The van der Waals surface area contributed by atoms with Crippen molar-refractivity contribution in [2.45, 2.75) is 0 Å². The van der Waals surface area contributed by atoms with E-state index in [0.29, 0.717) is 5.56 Å². The third-order valence-electron chi connectivity index (χ3n) is 2.93. The fraction of sp³-hybridized carbons (Fsp3) is 0. The molecule has 0 heterocycles. The van der Waals surface area contributed by atoms with Gasteiger partial charge in [-0.1, -0.05) is 12.1 Å². The van der Waals surface area contributed by atoms with E-state index in [1.54, 1.807) is 0 Å². The van der Waals surface area contributed by atoms with Crippen LogP contribution in [-0.2, 0) is 0 Å². The largest absolute Gasteiger partial charge is 0.478 e. The van der Waals surface area contributed by atoms with E-state index in [2.05, 4.69) is 4.99 Å². The Morgan fingerprint density at radius 2 is 1.22 bits per heavy atom. The summed E-state index contributed by atoms with van der Waals surface area (Å²) in [5.74, 6) is -3.56. The Morgan fingerprint density at radius 1 is 0.739 bits per heavy atom. The van der Waals surface area contributed by atoms with Crippen molar-refractivity contribution in [2.24, 2.45) is 4.99 Å². The number of hydrogen-bond acceptors (Lipinski definition) is 4. The maximum Gasteiger partial charge on any atom is 0.335 e. The van der Waals surface area contributed by atoms with E-state index in [1.807, 2.05) is 0 Å². The number of hydrogen-bond donors (Lipinski definition) is 3. The van der Waals surface area contributed by atoms with E-state index in [0.717, 1.165) is 6.07 Å². The van der Waals surface area contributed by atoms with Gasteiger partial charge in [0.2, 0.25) is 0 Å². The van der Waals surface area contributed by atoms with Crippen LogP contribution in [0.1, 0.15) is 36.6 Å². The van der Waals surface area contributed by atoms with Crippen molar-refractivity contribution in [3.05, 3.63) is 64.7 Å². The zero-order chi connectivity index (χ0) is 17.0. The number of aliphatic imine (C=N–C) groups is 1. The van der Waals surface area contributed by atoms with Gasteiger partial charge in [0.25, 0.3) is 0 Å². The number of aromatic carboxylic acids is 3. The molecule has 3 N–H and O–H groups in total. The van der Waals surface area contributed by atoms with E-state index in [1.165, 1.54) is 42.6 Å². The first-order valence-electron chi connectivity index (χ1n) is 6.36. The molecule has 0 unspecified atom stereocenters. The van der Waals surface area contributed by atoms with Gasteiger partial charge in [-0.25, -0.2) is 14.4 Å². The van der Waals surface area contributed by atoms with Crippen molar-refractivity contribution < 1.29 is 29.7 Å². The van der Waals surface area contributed by atoms with Gasteiger partial charge in [0.1, 0.15) is 0 Å². The average molecular weight is 313 g/mol. The molecule has 2 aromatic carbocycles. The number of rotatable bonds is 5. The lowest BCUT2D eigenvalue weighted by atomic mass is 10.1. The fourth-order valence-electron chi connectivity index (χ4n) is 1.79. The molecular formula is C16H11NO6. The third kappa shape index (κ3) is 4.01. The van der Waals surface area contributed by atoms with E-state index >= 15 is 0 Å². The fourth-order valence-corrected chi connectivity index (χ4v) is 1.79. The molecule has 0 amide bonds. The van der Waals surface area contributed by atoms with Crippen molar-refractivity contribution in [3.8, 4) is 0 Å². The van der Waals surface area contributed by atoms with Crippen LogP contribution < -0.4 is 0 Å². The van der Waals surface area contributed by atoms with Gasteiger partial charge in [-0.2, -0.15) is 0 Å². The normalized spacial score (nSPS) is 10.6. The summed E-state index contributed by atoms with van der Waals surface area (Å²) in [6.07, 6.45) is 1.39. The van der Waals surface area contributed by atoms with Gasteiger partial charge in [0.05, 0.1) is 22.4 Å². The Bertz CT molecular complexity index is 776. The molecule has 7 heteroatoms. The second-order valence-electron chi connectivity index (χ2n) is 4.56. The summed E-state index contributed by atoms with van der Waals surface area (Å²) in [5, 5.41) is 26.8. The molecule has 0 saturated heterocycles. The van der Waals surface area contributed by atoms with Gasteiger partial charge in [-0.05, 0) is 35.9 Å². The highest BCUT2D eigenvalue weighted by Crippen LogP contribution is 2.18. The lowest BCUT2D eigenvalue weighted by molar-refractivity contribution is 0.0682. The molecule has 0 spiro atoms. The monoisotopic (exact) mass is 313 g/mol. The smallest absolute Gasteiger partial charge is 0.335 e. The first-order chi connectivity index (χ1) is 10.9. The van der Waals surface area contributed by atoms with Crippen LogP contribution in [0.25, 0.3) is 0 Å². The zero-order valence-corrected chi connectivity index (χ0v) is 11.6. The molecule has 116 valence electrons. The topological polar surface area (TPSA) is 124 Å². The molecule has 0 radical (unpaired) electrons. The van der Waals surface area contributed by atoms with Crippen LogP contribution in [0.5, 0.6) is 0 Å². The van der Waals surface area contributed by atoms with E-state index in [9.17, 15) is 14.4 Å². The van der Waals surface area contributed by atoms with Gasteiger partial charge in [0.15, 0.2) is 0 Å². The maximum absolute atomic E-state index is 11.0. The van der Waals surface area contributed by atoms with Gasteiger partial charge in [-0.15, -0.1) is 0 Å². The van der Waals surface area contributed by atoms with E-state index < -0.39 is 17.9 Å². The Labute approximate surface area is 130 Å². The van der Waals surface area contributed by atoms with E-state index in [-0.39, 0.29) is 22.4 Å². The molecule has 2 aromatic rings. The molecule has 23 heavy (non-hydrogen) atoms. The molecular weight excluding hydrogens is 302 g/mol.